The van der Waals surface area contributed by atoms with Crippen molar-refractivity contribution in [1.82, 2.24) is 9.71 Å². The van der Waals surface area contributed by atoms with Crippen LogP contribution < -0.4 is 10.0 Å². The summed E-state index contributed by atoms with van der Waals surface area (Å²) in [6.45, 7) is 0.261. The number of nitrogens with one attached hydrogen (secondary N) is 2. The summed E-state index contributed by atoms with van der Waals surface area (Å²) in [5, 5.41) is 3.04. The van der Waals surface area contributed by atoms with E-state index in [-0.39, 0.29) is 22.1 Å². The molecule has 1 saturated carbocycles. The van der Waals surface area contributed by atoms with Gasteiger partial charge in [-0.2, -0.15) is 0 Å². The lowest BCUT2D eigenvalue weighted by atomic mass is 9.80. The molecule has 0 amide bonds. The lowest BCUT2D eigenvalue weighted by molar-refractivity contribution is -0.0659. The minimum Gasteiger partial charge on any atom is -0.377 e. The van der Waals surface area contributed by atoms with Gasteiger partial charge in [-0.15, -0.1) is 0 Å². The fraction of sp³-hybridized carbons (Fsp3) is 0.583. The van der Waals surface area contributed by atoms with Crippen molar-refractivity contribution in [3.63, 3.8) is 0 Å². The summed E-state index contributed by atoms with van der Waals surface area (Å²) in [7, 11) is -0.361. The average Bonchev–Trinajstić information content (AvgIpc) is 2.38. The molecule has 0 atom stereocenters. The first kappa shape index (κ1) is 15.5. The van der Waals surface area contributed by atoms with Crippen LogP contribution in [0.2, 0.25) is 5.02 Å². The van der Waals surface area contributed by atoms with E-state index < -0.39 is 10.0 Å². The highest BCUT2D eigenvalue weighted by Crippen LogP contribution is 2.34. The first-order valence-corrected chi connectivity index (χ1v) is 8.17. The third kappa shape index (κ3) is 3.06. The highest BCUT2D eigenvalue weighted by Gasteiger charge is 2.38. The van der Waals surface area contributed by atoms with E-state index in [0.29, 0.717) is 5.82 Å². The second kappa shape index (κ2) is 5.85. The Balaban J connectivity index is 2.12. The molecule has 1 aromatic heterocycles. The highest BCUT2D eigenvalue weighted by atomic mass is 35.5. The summed E-state index contributed by atoms with van der Waals surface area (Å²) in [4.78, 5) is 4.02. The Bertz CT molecular complexity index is 582. The first-order valence-electron chi connectivity index (χ1n) is 6.30. The van der Waals surface area contributed by atoms with Gasteiger partial charge in [-0.3, -0.25) is 0 Å². The first-order chi connectivity index (χ1) is 9.42. The topological polar surface area (TPSA) is 80.3 Å². The molecule has 1 aliphatic carbocycles. The summed E-state index contributed by atoms with van der Waals surface area (Å²) >= 11 is 5.95. The molecular weight excluding hydrogens is 302 g/mol. The second-order valence-corrected chi connectivity index (χ2v) is 6.99. The normalized spacial score (nSPS) is 17.6. The number of halogens is 1. The van der Waals surface area contributed by atoms with Gasteiger partial charge in [-0.05, 0) is 25.3 Å². The Morgan fingerprint density at radius 2 is 2.20 bits per heavy atom. The number of rotatable bonds is 6. The molecule has 8 heteroatoms. The molecule has 2 rings (SSSR count). The number of methoxy groups -OCH3 is 1. The van der Waals surface area contributed by atoms with Gasteiger partial charge in [0.2, 0.25) is 10.0 Å². The van der Waals surface area contributed by atoms with E-state index in [2.05, 4.69) is 15.0 Å². The SMILES string of the molecule is CNc1ncc(S(=O)(=O)NCC2(OC)CCC2)cc1Cl. The maximum Gasteiger partial charge on any atom is 0.242 e. The zero-order chi connectivity index (χ0) is 14.8. The minimum atomic E-state index is -3.63. The van der Waals surface area contributed by atoms with Crippen LogP contribution in [0.15, 0.2) is 17.2 Å². The van der Waals surface area contributed by atoms with Crippen LogP contribution >= 0.6 is 11.6 Å². The van der Waals surface area contributed by atoms with Crippen LogP contribution in [-0.4, -0.2) is 39.7 Å². The molecule has 0 spiro atoms. The molecule has 0 unspecified atom stereocenters. The van der Waals surface area contributed by atoms with Crippen LogP contribution in [0.25, 0.3) is 0 Å². The summed E-state index contributed by atoms with van der Waals surface area (Å²) in [5.74, 6) is 0.443. The van der Waals surface area contributed by atoms with Gasteiger partial charge in [0.05, 0.1) is 10.6 Å². The number of ether oxygens (including phenoxy) is 1. The Hall–Kier alpha value is -0.890. The third-order valence-electron chi connectivity index (χ3n) is 3.65. The number of nitrogens with zero attached hydrogens (tertiary/aromatic N) is 1. The Kier molecular flexibility index (Phi) is 4.53. The van der Waals surface area contributed by atoms with Crippen molar-refractivity contribution in [3.8, 4) is 0 Å². The van der Waals surface area contributed by atoms with Crippen LogP contribution in [0.5, 0.6) is 0 Å². The van der Waals surface area contributed by atoms with Gasteiger partial charge in [-0.1, -0.05) is 11.6 Å². The van der Waals surface area contributed by atoms with E-state index >= 15 is 0 Å². The molecule has 2 N–H and O–H groups in total. The molecule has 1 aromatic rings. The van der Waals surface area contributed by atoms with E-state index in [9.17, 15) is 8.42 Å². The van der Waals surface area contributed by atoms with Crippen molar-refractivity contribution < 1.29 is 13.2 Å². The second-order valence-electron chi connectivity index (χ2n) is 4.82. The van der Waals surface area contributed by atoms with Crippen molar-refractivity contribution in [2.45, 2.75) is 29.8 Å². The summed E-state index contributed by atoms with van der Waals surface area (Å²) in [6, 6.07) is 1.38. The molecule has 0 saturated heterocycles. The highest BCUT2D eigenvalue weighted by molar-refractivity contribution is 7.89. The van der Waals surface area contributed by atoms with Gasteiger partial charge >= 0.3 is 0 Å². The third-order valence-corrected chi connectivity index (χ3v) is 5.30. The molecule has 1 fully saturated rings. The number of hydrogen-bond acceptors (Lipinski definition) is 5. The minimum absolute atomic E-state index is 0.0482. The van der Waals surface area contributed by atoms with Crippen molar-refractivity contribution in [3.05, 3.63) is 17.3 Å². The molecule has 1 heterocycles. The molecule has 1 aliphatic rings. The van der Waals surface area contributed by atoms with Crippen molar-refractivity contribution in [1.29, 1.82) is 0 Å². The van der Waals surface area contributed by atoms with Crippen LogP contribution in [-0.2, 0) is 14.8 Å². The number of anilines is 1. The summed E-state index contributed by atoms with van der Waals surface area (Å²) in [6.07, 6.45) is 4.06. The Morgan fingerprint density at radius 1 is 1.50 bits per heavy atom. The predicted molar refractivity (Wildman–Crippen MR) is 77.6 cm³/mol. The van der Waals surface area contributed by atoms with E-state index in [0.717, 1.165) is 19.3 Å². The Labute approximate surface area is 123 Å². The average molecular weight is 320 g/mol. The fourth-order valence-corrected chi connectivity index (χ4v) is 3.50. The molecule has 0 bridgehead atoms. The van der Waals surface area contributed by atoms with E-state index in [1.165, 1.54) is 12.3 Å². The number of aromatic nitrogens is 1. The number of hydrogen-bond donors (Lipinski definition) is 2. The van der Waals surface area contributed by atoms with Crippen molar-refractivity contribution in [2.75, 3.05) is 26.0 Å². The van der Waals surface area contributed by atoms with E-state index in [1.807, 2.05) is 0 Å². The Morgan fingerprint density at radius 3 is 2.65 bits per heavy atom. The van der Waals surface area contributed by atoms with Crippen molar-refractivity contribution in [2.24, 2.45) is 0 Å². The van der Waals surface area contributed by atoms with Gasteiger partial charge in [0, 0.05) is 26.9 Å². The van der Waals surface area contributed by atoms with Gasteiger partial charge in [-0.25, -0.2) is 18.1 Å². The van der Waals surface area contributed by atoms with Crippen LogP contribution in [0.4, 0.5) is 5.82 Å². The van der Waals surface area contributed by atoms with Gasteiger partial charge in [0.25, 0.3) is 0 Å². The zero-order valence-corrected chi connectivity index (χ0v) is 13.0. The zero-order valence-electron chi connectivity index (χ0n) is 11.4. The lowest BCUT2D eigenvalue weighted by Gasteiger charge is -2.40. The van der Waals surface area contributed by atoms with E-state index in [1.54, 1.807) is 14.2 Å². The van der Waals surface area contributed by atoms with Crippen LogP contribution in [0.3, 0.4) is 0 Å². The number of pyridine rings is 1. The summed E-state index contributed by atoms with van der Waals surface area (Å²) in [5.41, 5.74) is -0.366. The maximum absolute atomic E-state index is 12.2. The van der Waals surface area contributed by atoms with Crippen LogP contribution in [0.1, 0.15) is 19.3 Å². The molecular formula is C12H18ClN3O3S. The molecule has 6 nitrogen and oxygen atoms in total. The molecule has 0 aromatic carbocycles. The van der Waals surface area contributed by atoms with Gasteiger partial charge in [0.1, 0.15) is 10.7 Å². The maximum atomic E-state index is 12.2. The van der Waals surface area contributed by atoms with Crippen LogP contribution in [0, 0.1) is 0 Å². The summed E-state index contributed by atoms with van der Waals surface area (Å²) < 4.78 is 32.4. The quantitative estimate of drug-likeness (QED) is 0.833. The molecule has 0 aliphatic heterocycles. The van der Waals surface area contributed by atoms with Gasteiger partial charge < -0.3 is 10.1 Å². The molecule has 0 radical (unpaired) electrons. The monoisotopic (exact) mass is 319 g/mol. The standard InChI is InChI=1S/C12H18ClN3O3S/c1-14-11-10(13)6-9(7-15-11)20(17,18)16-8-12(19-2)4-3-5-12/h6-7,16H,3-5,8H2,1-2H3,(H,14,15). The van der Waals surface area contributed by atoms with E-state index in [4.69, 9.17) is 16.3 Å². The van der Waals surface area contributed by atoms with Crippen molar-refractivity contribution >= 4 is 27.4 Å². The van der Waals surface area contributed by atoms with Gasteiger partial charge in [0.15, 0.2) is 0 Å². The largest absolute Gasteiger partial charge is 0.377 e. The molecule has 112 valence electrons. The fourth-order valence-electron chi connectivity index (χ4n) is 2.09. The predicted octanol–water partition coefficient (Wildman–Crippen LogP) is 1.62. The smallest absolute Gasteiger partial charge is 0.242 e. The number of sulfonamides is 1. The lowest BCUT2D eigenvalue weighted by Crippen LogP contribution is -2.49. The molecule has 20 heavy (non-hydrogen) atoms.